The predicted molar refractivity (Wildman–Crippen MR) is 97.1 cm³/mol. The van der Waals surface area contributed by atoms with Crippen LogP contribution in [0.4, 0.5) is 4.79 Å². The van der Waals surface area contributed by atoms with Crippen molar-refractivity contribution in [3.63, 3.8) is 0 Å². The number of alkyl halides is 3. The van der Waals surface area contributed by atoms with E-state index in [1.807, 2.05) is 42.7 Å². The molecule has 2 aromatic rings. The van der Waals surface area contributed by atoms with Crippen molar-refractivity contribution in [1.82, 2.24) is 4.72 Å². The number of hydrogen-bond donors (Lipinski definition) is 1. The van der Waals surface area contributed by atoms with Crippen molar-refractivity contribution >= 4 is 52.0 Å². The highest BCUT2D eigenvalue weighted by Gasteiger charge is 2.38. The Morgan fingerprint density at radius 2 is 1.57 bits per heavy atom. The molecule has 0 saturated heterocycles. The summed E-state index contributed by atoms with van der Waals surface area (Å²) in [6.45, 7) is 0. The minimum atomic E-state index is -1.77. The zero-order chi connectivity index (χ0) is 16.9. The molecule has 0 radical (unpaired) electrons. The standard InChI is InChI=1S/C16H14Cl3NO2S/c1-23(13-10-6-3-7-11-13)20-15(21)22-14(16(17,18)19)12-8-4-2-5-9-12/h2-11,14H,1H3/p+1/t14-,23?/m0/s1. The van der Waals surface area contributed by atoms with E-state index in [1.165, 1.54) is 0 Å². The molecule has 0 aliphatic rings. The number of nitrogens with one attached hydrogen (secondary N) is 1. The molecule has 0 aliphatic carbocycles. The molecule has 0 aromatic heterocycles. The molecule has 2 rings (SSSR count). The van der Waals surface area contributed by atoms with Gasteiger partial charge in [-0.25, -0.2) is 4.79 Å². The molecule has 2 aromatic carbocycles. The average molecular weight is 392 g/mol. The van der Waals surface area contributed by atoms with Crippen molar-refractivity contribution < 1.29 is 9.53 Å². The Morgan fingerprint density at radius 1 is 1.04 bits per heavy atom. The zero-order valence-corrected chi connectivity index (χ0v) is 15.3. The molecule has 0 saturated carbocycles. The van der Waals surface area contributed by atoms with Crippen LogP contribution in [0.1, 0.15) is 11.7 Å². The number of rotatable bonds is 4. The molecular formula is C16H15Cl3NO2S+. The van der Waals surface area contributed by atoms with E-state index >= 15 is 0 Å². The zero-order valence-electron chi connectivity index (χ0n) is 12.2. The number of hydrogen-bond acceptors (Lipinski definition) is 2. The molecule has 2 atom stereocenters. The van der Waals surface area contributed by atoms with Gasteiger partial charge in [-0.3, -0.25) is 0 Å². The summed E-state index contributed by atoms with van der Waals surface area (Å²) >= 11 is 17.4. The summed E-state index contributed by atoms with van der Waals surface area (Å²) in [5.74, 6) is 0. The molecular weight excluding hydrogens is 377 g/mol. The summed E-state index contributed by atoms with van der Waals surface area (Å²) in [6, 6.07) is 18.4. The number of ether oxygens (including phenoxy) is 1. The van der Waals surface area contributed by atoms with Crippen molar-refractivity contribution in [2.45, 2.75) is 14.8 Å². The second-order valence-corrected chi connectivity index (χ2v) is 8.73. The number of carbonyl (C=O) groups excluding carboxylic acids is 1. The SMILES string of the molecule is C[S+](NC(=O)O[C@@H](c1ccccc1)C(Cl)(Cl)Cl)c1ccccc1. The molecule has 1 unspecified atom stereocenters. The highest BCUT2D eigenvalue weighted by molar-refractivity contribution is 7.94. The minimum absolute atomic E-state index is 0.517. The molecule has 122 valence electrons. The molecule has 1 N–H and O–H groups in total. The van der Waals surface area contributed by atoms with Crippen molar-refractivity contribution in [3.05, 3.63) is 66.2 Å². The van der Waals surface area contributed by atoms with Gasteiger partial charge in [-0.1, -0.05) is 83.3 Å². The third-order valence-corrected chi connectivity index (χ3v) is 5.00. The topological polar surface area (TPSA) is 38.3 Å². The first-order valence-corrected chi connectivity index (χ1v) is 9.44. The summed E-state index contributed by atoms with van der Waals surface area (Å²) in [4.78, 5) is 13.1. The van der Waals surface area contributed by atoms with Gasteiger partial charge in [0.15, 0.2) is 11.0 Å². The van der Waals surface area contributed by atoms with E-state index in [-0.39, 0.29) is 0 Å². The number of carbonyl (C=O) groups is 1. The van der Waals surface area contributed by atoms with E-state index in [4.69, 9.17) is 39.5 Å². The second-order valence-electron chi connectivity index (χ2n) is 4.66. The fraction of sp³-hybridized carbons (Fsp3) is 0.188. The Bertz CT molecular complexity index is 635. The highest BCUT2D eigenvalue weighted by Crippen LogP contribution is 2.42. The molecule has 0 aliphatic heterocycles. The maximum atomic E-state index is 12.2. The Morgan fingerprint density at radius 3 is 2.09 bits per heavy atom. The maximum absolute atomic E-state index is 12.2. The summed E-state index contributed by atoms with van der Waals surface area (Å²) < 4.78 is 6.35. The lowest BCUT2D eigenvalue weighted by Gasteiger charge is -2.24. The van der Waals surface area contributed by atoms with E-state index < -0.39 is 27.1 Å². The molecule has 7 heteroatoms. The normalized spacial score (nSPS) is 13.9. The van der Waals surface area contributed by atoms with Crippen LogP contribution in [-0.2, 0) is 15.8 Å². The van der Waals surface area contributed by atoms with Gasteiger partial charge < -0.3 is 4.74 Å². The third kappa shape index (κ3) is 5.50. The summed E-state index contributed by atoms with van der Waals surface area (Å²) in [6.07, 6.45) is 0.241. The van der Waals surface area contributed by atoms with Crippen LogP contribution in [-0.4, -0.2) is 16.1 Å². The van der Waals surface area contributed by atoms with E-state index in [9.17, 15) is 4.79 Å². The van der Waals surface area contributed by atoms with Crippen LogP contribution in [0.5, 0.6) is 0 Å². The smallest absolute Gasteiger partial charge is 0.434 e. The van der Waals surface area contributed by atoms with E-state index in [1.54, 1.807) is 24.3 Å². The second kappa shape index (κ2) is 8.15. The van der Waals surface area contributed by atoms with Crippen LogP contribution in [0.15, 0.2) is 65.6 Å². The van der Waals surface area contributed by atoms with Crippen LogP contribution in [0, 0.1) is 0 Å². The lowest BCUT2D eigenvalue weighted by atomic mass is 10.1. The van der Waals surface area contributed by atoms with Gasteiger partial charge in [-0.15, -0.1) is 4.72 Å². The quantitative estimate of drug-likeness (QED) is 0.585. The molecule has 0 bridgehead atoms. The Balaban J connectivity index is 2.07. The van der Waals surface area contributed by atoms with Crippen molar-refractivity contribution in [2.24, 2.45) is 0 Å². The van der Waals surface area contributed by atoms with Gasteiger partial charge in [0.2, 0.25) is 3.79 Å². The number of amides is 1. The minimum Gasteiger partial charge on any atom is -0.434 e. The number of benzene rings is 2. The molecule has 0 fully saturated rings. The molecule has 1 amide bonds. The van der Waals surface area contributed by atoms with Crippen LogP contribution in [0.3, 0.4) is 0 Å². The first kappa shape index (κ1) is 18.3. The van der Waals surface area contributed by atoms with Gasteiger partial charge >= 0.3 is 6.09 Å². The van der Waals surface area contributed by atoms with Gasteiger partial charge in [0, 0.05) is 0 Å². The van der Waals surface area contributed by atoms with Gasteiger partial charge in [-0.05, 0) is 17.7 Å². The molecule has 23 heavy (non-hydrogen) atoms. The number of halogens is 3. The molecule has 0 spiro atoms. The van der Waals surface area contributed by atoms with Crippen LogP contribution < -0.4 is 4.72 Å². The first-order chi connectivity index (χ1) is 10.9. The van der Waals surface area contributed by atoms with Crippen LogP contribution in [0.2, 0.25) is 0 Å². The van der Waals surface area contributed by atoms with Crippen molar-refractivity contribution in [2.75, 3.05) is 6.26 Å². The maximum Gasteiger partial charge on any atom is 0.450 e. The Labute approximate surface area is 153 Å². The van der Waals surface area contributed by atoms with E-state index in [0.29, 0.717) is 5.56 Å². The van der Waals surface area contributed by atoms with E-state index in [2.05, 4.69) is 4.72 Å². The fourth-order valence-corrected chi connectivity index (χ4v) is 3.38. The van der Waals surface area contributed by atoms with Crippen LogP contribution in [0.25, 0.3) is 0 Å². The lowest BCUT2D eigenvalue weighted by Crippen LogP contribution is -2.34. The van der Waals surface area contributed by atoms with Gasteiger partial charge in [0.05, 0.1) is 0 Å². The van der Waals surface area contributed by atoms with Crippen molar-refractivity contribution in [3.8, 4) is 0 Å². The largest absolute Gasteiger partial charge is 0.450 e. The Hall–Kier alpha value is -1.07. The van der Waals surface area contributed by atoms with Gasteiger partial charge in [-0.2, -0.15) is 0 Å². The summed E-state index contributed by atoms with van der Waals surface area (Å²) in [5, 5.41) is 0. The summed E-state index contributed by atoms with van der Waals surface area (Å²) in [5.41, 5.74) is 0.610. The monoisotopic (exact) mass is 390 g/mol. The highest BCUT2D eigenvalue weighted by atomic mass is 35.6. The lowest BCUT2D eigenvalue weighted by molar-refractivity contribution is 0.105. The molecule has 3 nitrogen and oxygen atoms in total. The Kier molecular flexibility index (Phi) is 6.48. The van der Waals surface area contributed by atoms with E-state index in [0.717, 1.165) is 4.90 Å². The van der Waals surface area contributed by atoms with Gasteiger partial charge in [0.25, 0.3) is 0 Å². The van der Waals surface area contributed by atoms with Crippen molar-refractivity contribution in [1.29, 1.82) is 0 Å². The average Bonchev–Trinajstić information content (AvgIpc) is 2.53. The third-order valence-electron chi connectivity index (χ3n) is 2.96. The van der Waals surface area contributed by atoms with Crippen LogP contribution >= 0.6 is 34.8 Å². The summed E-state index contributed by atoms with van der Waals surface area (Å²) in [7, 11) is 0. The predicted octanol–water partition coefficient (Wildman–Crippen LogP) is 5.05. The fourth-order valence-electron chi connectivity index (χ4n) is 1.89. The van der Waals surface area contributed by atoms with Gasteiger partial charge in [0.1, 0.15) is 17.3 Å². The molecule has 0 heterocycles. The first-order valence-electron chi connectivity index (χ1n) is 6.68.